The van der Waals surface area contributed by atoms with Crippen LogP contribution in [-0.4, -0.2) is 11.1 Å². The van der Waals surface area contributed by atoms with E-state index in [1.54, 1.807) is 12.1 Å². The molecule has 2 nitrogen and oxygen atoms in total. The van der Waals surface area contributed by atoms with Crippen LogP contribution in [0.25, 0.3) is 0 Å². The third-order valence-electron chi connectivity index (χ3n) is 3.59. The van der Waals surface area contributed by atoms with Crippen molar-refractivity contribution < 1.29 is 9.90 Å². The SMILES string of the molecule is O=C(O)[C@@H](CC1CCCC1)c1cccc(Cl)c1. The van der Waals surface area contributed by atoms with Crippen LogP contribution >= 0.6 is 11.6 Å². The zero-order valence-electron chi connectivity index (χ0n) is 9.73. The smallest absolute Gasteiger partial charge is 0.310 e. The Labute approximate surface area is 107 Å². The van der Waals surface area contributed by atoms with Crippen LogP contribution in [0.1, 0.15) is 43.6 Å². The molecule has 0 radical (unpaired) electrons. The van der Waals surface area contributed by atoms with Gasteiger partial charge in [-0.15, -0.1) is 0 Å². The maximum absolute atomic E-state index is 11.4. The summed E-state index contributed by atoms with van der Waals surface area (Å²) >= 11 is 5.92. The highest BCUT2D eigenvalue weighted by Crippen LogP contribution is 2.34. The van der Waals surface area contributed by atoms with E-state index in [4.69, 9.17) is 11.6 Å². The summed E-state index contributed by atoms with van der Waals surface area (Å²) in [6.45, 7) is 0. The van der Waals surface area contributed by atoms with Gasteiger partial charge in [-0.3, -0.25) is 4.79 Å². The van der Waals surface area contributed by atoms with Gasteiger partial charge in [-0.1, -0.05) is 49.4 Å². The predicted molar refractivity (Wildman–Crippen MR) is 68.4 cm³/mol. The molecule has 0 spiro atoms. The number of benzene rings is 1. The molecule has 0 aromatic heterocycles. The largest absolute Gasteiger partial charge is 0.481 e. The number of hydrogen-bond donors (Lipinski definition) is 1. The molecule has 0 saturated heterocycles. The Morgan fingerprint density at radius 3 is 2.71 bits per heavy atom. The molecule has 92 valence electrons. The Morgan fingerprint density at radius 1 is 1.41 bits per heavy atom. The van der Waals surface area contributed by atoms with Gasteiger partial charge in [0.2, 0.25) is 0 Å². The Bertz CT molecular complexity index is 397. The molecule has 1 aromatic rings. The summed E-state index contributed by atoms with van der Waals surface area (Å²) in [6, 6.07) is 7.23. The Balaban J connectivity index is 2.13. The van der Waals surface area contributed by atoms with Crippen molar-refractivity contribution in [3.05, 3.63) is 34.9 Å². The highest BCUT2D eigenvalue weighted by molar-refractivity contribution is 6.30. The highest BCUT2D eigenvalue weighted by Gasteiger charge is 2.26. The zero-order valence-corrected chi connectivity index (χ0v) is 10.5. The first-order valence-corrected chi connectivity index (χ1v) is 6.53. The molecule has 1 atom stereocenters. The highest BCUT2D eigenvalue weighted by atomic mass is 35.5. The van der Waals surface area contributed by atoms with Gasteiger partial charge >= 0.3 is 5.97 Å². The lowest BCUT2D eigenvalue weighted by molar-refractivity contribution is -0.139. The normalized spacial score (nSPS) is 18.2. The zero-order chi connectivity index (χ0) is 12.3. The molecule has 1 aliphatic carbocycles. The fourth-order valence-corrected chi connectivity index (χ4v) is 2.88. The Kier molecular flexibility index (Phi) is 4.06. The van der Waals surface area contributed by atoms with Gasteiger partial charge < -0.3 is 5.11 Å². The maximum atomic E-state index is 11.4. The summed E-state index contributed by atoms with van der Waals surface area (Å²) in [6.07, 6.45) is 5.57. The third kappa shape index (κ3) is 3.22. The lowest BCUT2D eigenvalue weighted by Crippen LogP contribution is -2.15. The van der Waals surface area contributed by atoms with Gasteiger partial charge in [0, 0.05) is 5.02 Å². The number of halogens is 1. The molecule has 0 heterocycles. The fourth-order valence-electron chi connectivity index (χ4n) is 2.68. The molecule has 2 rings (SSSR count). The van der Waals surface area contributed by atoms with E-state index in [0.29, 0.717) is 10.9 Å². The molecule has 3 heteroatoms. The quantitative estimate of drug-likeness (QED) is 0.876. The van der Waals surface area contributed by atoms with Crippen LogP contribution in [0.15, 0.2) is 24.3 Å². The molecule has 0 unspecified atom stereocenters. The van der Waals surface area contributed by atoms with Crippen molar-refractivity contribution >= 4 is 17.6 Å². The second-order valence-electron chi connectivity index (χ2n) is 4.83. The van der Waals surface area contributed by atoms with E-state index in [-0.39, 0.29) is 0 Å². The maximum Gasteiger partial charge on any atom is 0.310 e. The van der Waals surface area contributed by atoms with Crippen LogP contribution in [0.2, 0.25) is 5.02 Å². The minimum atomic E-state index is -0.737. The minimum Gasteiger partial charge on any atom is -0.481 e. The van der Waals surface area contributed by atoms with Crippen LogP contribution in [0.5, 0.6) is 0 Å². The fraction of sp³-hybridized carbons (Fsp3) is 0.500. The standard InChI is InChI=1S/C14H17ClO2/c15-12-7-3-6-11(9-12)13(14(16)17)8-10-4-1-2-5-10/h3,6-7,9-10,13H,1-2,4-5,8H2,(H,16,17)/t13-/m0/s1. The van der Waals surface area contributed by atoms with Crippen LogP contribution < -0.4 is 0 Å². The van der Waals surface area contributed by atoms with Crippen molar-refractivity contribution in [3.8, 4) is 0 Å². The summed E-state index contributed by atoms with van der Waals surface area (Å²) in [5.74, 6) is -0.578. The molecule has 0 aliphatic heterocycles. The van der Waals surface area contributed by atoms with Gasteiger partial charge in [0.05, 0.1) is 5.92 Å². The molecule has 1 aliphatic rings. The Hall–Kier alpha value is -1.02. The molecule has 0 amide bonds. The lowest BCUT2D eigenvalue weighted by Gasteiger charge is -2.17. The van der Waals surface area contributed by atoms with Gasteiger partial charge in [0.25, 0.3) is 0 Å². The van der Waals surface area contributed by atoms with E-state index in [0.717, 1.165) is 12.0 Å². The van der Waals surface area contributed by atoms with E-state index in [9.17, 15) is 9.90 Å². The molecule has 1 saturated carbocycles. The van der Waals surface area contributed by atoms with Gasteiger partial charge in [0.15, 0.2) is 0 Å². The van der Waals surface area contributed by atoms with E-state index in [1.807, 2.05) is 12.1 Å². The molecule has 1 fully saturated rings. The van der Waals surface area contributed by atoms with Crippen LogP contribution in [0.3, 0.4) is 0 Å². The summed E-state index contributed by atoms with van der Waals surface area (Å²) in [5.41, 5.74) is 0.830. The van der Waals surface area contributed by atoms with E-state index in [1.165, 1.54) is 25.7 Å². The average Bonchev–Trinajstić information content (AvgIpc) is 2.78. The third-order valence-corrected chi connectivity index (χ3v) is 3.83. The van der Waals surface area contributed by atoms with Crippen molar-refractivity contribution in [2.75, 3.05) is 0 Å². The first kappa shape index (κ1) is 12.4. The molecular formula is C14H17ClO2. The predicted octanol–water partition coefficient (Wildman–Crippen LogP) is 4.09. The molecule has 0 bridgehead atoms. The van der Waals surface area contributed by atoms with Crippen molar-refractivity contribution in [1.82, 2.24) is 0 Å². The molecule has 1 N–H and O–H groups in total. The monoisotopic (exact) mass is 252 g/mol. The van der Waals surface area contributed by atoms with E-state index in [2.05, 4.69) is 0 Å². The average molecular weight is 253 g/mol. The van der Waals surface area contributed by atoms with Crippen molar-refractivity contribution in [3.63, 3.8) is 0 Å². The van der Waals surface area contributed by atoms with Crippen molar-refractivity contribution in [1.29, 1.82) is 0 Å². The van der Waals surface area contributed by atoms with Gasteiger partial charge in [-0.05, 0) is 30.0 Å². The molecule has 1 aromatic carbocycles. The van der Waals surface area contributed by atoms with Crippen LogP contribution in [-0.2, 0) is 4.79 Å². The van der Waals surface area contributed by atoms with E-state index >= 15 is 0 Å². The first-order valence-electron chi connectivity index (χ1n) is 6.15. The summed E-state index contributed by atoms with van der Waals surface area (Å²) in [5, 5.41) is 9.95. The summed E-state index contributed by atoms with van der Waals surface area (Å²) < 4.78 is 0. The number of carboxylic acid groups (broad SMARTS) is 1. The molecular weight excluding hydrogens is 236 g/mol. The van der Waals surface area contributed by atoms with Crippen LogP contribution in [0, 0.1) is 5.92 Å². The lowest BCUT2D eigenvalue weighted by atomic mass is 9.88. The number of hydrogen-bond acceptors (Lipinski definition) is 1. The molecule has 17 heavy (non-hydrogen) atoms. The number of rotatable bonds is 4. The first-order chi connectivity index (χ1) is 8.16. The van der Waals surface area contributed by atoms with Gasteiger partial charge in [-0.2, -0.15) is 0 Å². The summed E-state index contributed by atoms with van der Waals surface area (Å²) in [7, 11) is 0. The van der Waals surface area contributed by atoms with Gasteiger partial charge in [0.1, 0.15) is 0 Å². The minimum absolute atomic E-state index is 0.406. The van der Waals surface area contributed by atoms with Crippen LogP contribution in [0.4, 0.5) is 0 Å². The van der Waals surface area contributed by atoms with E-state index < -0.39 is 11.9 Å². The number of aliphatic carboxylic acids is 1. The van der Waals surface area contributed by atoms with Crippen molar-refractivity contribution in [2.24, 2.45) is 5.92 Å². The Morgan fingerprint density at radius 2 is 2.12 bits per heavy atom. The second-order valence-corrected chi connectivity index (χ2v) is 5.27. The van der Waals surface area contributed by atoms with Crippen molar-refractivity contribution in [2.45, 2.75) is 38.0 Å². The second kappa shape index (κ2) is 5.54. The number of carboxylic acids is 1. The topological polar surface area (TPSA) is 37.3 Å². The van der Waals surface area contributed by atoms with Gasteiger partial charge in [-0.25, -0.2) is 0 Å². The number of carbonyl (C=O) groups is 1. The summed E-state index contributed by atoms with van der Waals surface area (Å²) in [4.78, 5) is 11.4.